The molecule has 0 aliphatic carbocycles. The summed E-state index contributed by atoms with van der Waals surface area (Å²) in [5.41, 5.74) is -0.956. The van der Waals surface area contributed by atoms with E-state index in [-0.39, 0.29) is 5.69 Å². The van der Waals surface area contributed by atoms with Crippen molar-refractivity contribution in [3.8, 4) is 0 Å². The van der Waals surface area contributed by atoms with Crippen LogP contribution in [0.25, 0.3) is 0 Å². The summed E-state index contributed by atoms with van der Waals surface area (Å²) < 4.78 is 50.4. The molecule has 0 saturated carbocycles. The van der Waals surface area contributed by atoms with Crippen LogP contribution >= 0.6 is 0 Å². The van der Waals surface area contributed by atoms with E-state index in [0.29, 0.717) is 6.54 Å². The van der Waals surface area contributed by atoms with Gasteiger partial charge >= 0.3 is 6.18 Å². The van der Waals surface area contributed by atoms with Crippen LogP contribution in [0, 0.1) is 5.82 Å². The molecule has 18 heavy (non-hydrogen) atoms. The predicted molar refractivity (Wildman–Crippen MR) is 63.1 cm³/mol. The summed E-state index contributed by atoms with van der Waals surface area (Å²) in [7, 11) is 3.83. The fourth-order valence-electron chi connectivity index (χ4n) is 1.48. The minimum atomic E-state index is -4.66. The fourth-order valence-corrected chi connectivity index (χ4v) is 1.48. The molecule has 0 aliphatic rings. The molecule has 2 nitrogen and oxygen atoms in total. The third-order valence-electron chi connectivity index (χ3n) is 2.38. The number of nitrogens with zero attached hydrogens (tertiary/aromatic N) is 1. The van der Waals surface area contributed by atoms with Gasteiger partial charge in [-0.25, -0.2) is 4.39 Å². The minimum absolute atomic E-state index is 0.280. The first-order valence-corrected chi connectivity index (χ1v) is 5.56. The average Bonchev–Trinajstić information content (AvgIpc) is 2.24. The summed E-state index contributed by atoms with van der Waals surface area (Å²) in [6.07, 6.45) is -3.86. The van der Waals surface area contributed by atoms with Crippen LogP contribution in [-0.4, -0.2) is 32.1 Å². The third-order valence-corrected chi connectivity index (χ3v) is 2.38. The Balaban J connectivity index is 2.63. The van der Waals surface area contributed by atoms with E-state index in [1.54, 1.807) is 0 Å². The Morgan fingerprint density at radius 3 is 2.44 bits per heavy atom. The highest BCUT2D eigenvalue weighted by Crippen LogP contribution is 2.32. The largest absolute Gasteiger partial charge is 0.419 e. The number of alkyl halides is 3. The monoisotopic (exact) mass is 264 g/mol. The second-order valence-electron chi connectivity index (χ2n) is 4.28. The van der Waals surface area contributed by atoms with Crippen LogP contribution in [0.2, 0.25) is 0 Å². The Bertz CT molecular complexity index is 388. The number of halogens is 4. The topological polar surface area (TPSA) is 15.3 Å². The van der Waals surface area contributed by atoms with Crippen LogP contribution in [0.3, 0.4) is 0 Å². The van der Waals surface area contributed by atoms with Crippen molar-refractivity contribution in [1.29, 1.82) is 0 Å². The van der Waals surface area contributed by atoms with Crippen LogP contribution in [0.4, 0.5) is 23.2 Å². The maximum absolute atomic E-state index is 13.0. The molecule has 0 amide bonds. The van der Waals surface area contributed by atoms with E-state index in [4.69, 9.17) is 0 Å². The van der Waals surface area contributed by atoms with E-state index in [1.165, 1.54) is 6.07 Å². The standard InChI is InChI=1S/C12H16F4N2/c1-18(2)7-3-6-17-9-4-5-11(13)10(8-9)12(14,15)16/h4-5,8,17H,3,6-7H2,1-2H3. The van der Waals surface area contributed by atoms with Crippen LogP contribution < -0.4 is 5.32 Å². The molecule has 1 rings (SSSR count). The molecule has 0 bridgehead atoms. The number of benzene rings is 1. The normalized spacial score (nSPS) is 11.9. The Labute approximate surface area is 104 Å². The molecule has 0 spiro atoms. The van der Waals surface area contributed by atoms with Crippen molar-refractivity contribution in [2.24, 2.45) is 0 Å². The zero-order chi connectivity index (χ0) is 13.8. The Hall–Kier alpha value is -1.30. The lowest BCUT2D eigenvalue weighted by atomic mass is 10.2. The SMILES string of the molecule is CN(C)CCCNc1ccc(F)c(C(F)(F)F)c1. The van der Waals surface area contributed by atoms with Gasteiger partial charge in [-0.3, -0.25) is 0 Å². The van der Waals surface area contributed by atoms with E-state index in [0.717, 1.165) is 25.1 Å². The third kappa shape index (κ3) is 4.52. The van der Waals surface area contributed by atoms with Gasteiger partial charge in [0, 0.05) is 12.2 Å². The van der Waals surface area contributed by atoms with Gasteiger partial charge in [-0.05, 0) is 45.3 Å². The number of hydrogen-bond acceptors (Lipinski definition) is 2. The molecule has 1 aromatic carbocycles. The Morgan fingerprint density at radius 1 is 1.22 bits per heavy atom. The fraction of sp³-hybridized carbons (Fsp3) is 0.500. The molecule has 0 fully saturated rings. The summed E-state index contributed by atoms with van der Waals surface area (Å²) in [5, 5.41) is 2.85. The quantitative estimate of drug-likeness (QED) is 0.649. The van der Waals surface area contributed by atoms with Gasteiger partial charge in [0.2, 0.25) is 0 Å². The first kappa shape index (κ1) is 14.8. The molecule has 1 N–H and O–H groups in total. The molecule has 6 heteroatoms. The zero-order valence-electron chi connectivity index (χ0n) is 10.3. The first-order valence-electron chi connectivity index (χ1n) is 5.56. The van der Waals surface area contributed by atoms with Crippen LogP contribution in [-0.2, 0) is 6.18 Å². The van der Waals surface area contributed by atoms with E-state index in [1.807, 2.05) is 19.0 Å². The molecular weight excluding hydrogens is 248 g/mol. The number of anilines is 1. The van der Waals surface area contributed by atoms with Crippen molar-refractivity contribution >= 4 is 5.69 Å². The molecule has 0 unspecified atom stereocenters. The molecule has 102 valence electrons. The summed E-state index contributed by atoms with van der Waals surface area (Å²) in [6, 6.07) is 2.93. The van der Waals surface area contributed by atoms with E-state index >= 15 is 0 Å². The minimum Gasteiger partial charge on any atom is -0.385 e. The number of rotatable bonds is 5. The highest BCUT2D eigenvalue weighted by molar-refractivity contribution is 5.47. The van der Waals surface area contributed by atoms with Gasteiger partial charge in [0.15, 0.2) is 0 Å². The maximum atomic E-state index is 13.0. The van der Waals surface area contributed by atoms with Crippen molar-refractivity contribution in [3.63, 3.8) is 0 Å². The second kappa shape index (κ2) is 6.04. The van der Waals surface area contributed by atoms with Crippen LogP contribution in [0.15, 0.2) is 18.2 Å². The lowest BCUT2D eigenvalue weighted by molar-refractivity contribution is -0.139. The summed E-state index contributed by atoms with van der Waals surface area (Å²) in [4.78, 5) is 1.98. The highest BCUT2D eigenvalue weighted by Gasteiger charge is 2.34. The summed E-state index contributed by atoms with van der Waals surface area (Å²) in [6.45, 7) is 1.38. The summed E-state index contributed by atoms with van der Waals surface area (Å²) >= 11 is 0. The smallest absolute Gasteiger partial charge is 0.385 e. The first-order chi connectivity index (χ1) is 8.30. The van der Waals surface area contributed by atoms with Gasteiger partial charge in [0.05, 0.1) is 5.56 Å². The van der Waals surface area contributed by atoms with Crippen LogP contribution in [0.5, 0.6) is 0 Å². The number of hydrogen-bond donors (Lipinski definition) is 1. The predicted octanol–water partition coefficient (Wildman–Crippen LogP) is 3.21. The van der Waals surface area contributed by atoms with E-state index < -0.39 is 17.6 Å². The van der Waals surface area contributed by atoms with Gasteiger partial charge in [-0.2, -0.15) is 13.2 Å². The Morgan fingerprint density at radius 2 is 1.89 bits per heavy atom. The average molecular weight is 264 g/mol. The van der Waals surface area contributed by atoms with Crippen LogP contribution in [0.1, 0.15) is 12.0 Å². The van der Waals surface area contributed by atoms with E-state index in [2.05, 4.69) is 5.32 Å². The van der Waals surface area contributed by atoms with Crippen molar-refractivity contribution in [3.05, 3.63) is 29.6 Å². The van der Waals surface area contributed by atoms with Crippen molar-refractivity contribution in [2.45, 2.75) is 12.6 Å². The molecule has 0 saturated heterocycles. The molecule has 0 radical (unpaired) electrons. The van der Waals surface area contributed by atoms with Crippen molar-refractivity contribution in [2.75, 3.05) is 32.5 Å². The van der Waals surface area contributed by atoms with Crippen molar-refractivity contribution in [1.82, 2.24) is 4.90 Å². The maximum Gasteiger partial charge on any atom is 0.419 e. The highest BCUT2D eigenvalue weighted by atomic mass is 19.4. The molecule has 0 atom stereocenters. The molecule has 0 aliphatic heterocycles. The summed E-state index contributed by atoms with van der Waals surface area (Å²) in [5.74, 6) is -1.25. The van der Waals surface area contributed by atoms with E-state index in [9.17, 15) is 17.6 Å². The second-order valence-corrected chi connectivity index (χ2v) is 4.28. The Kier molecular flexibility index (Phi) is 4.95. The molecule has 0 heterocycles. The van der Waals surface area contributed by atoms with Gasteiger partial charge in [0.25, 0.3) is 0 Å². The van der Waals surface area contributed by atoms with Gasteiger partial charge in [0.1, 0.15) is 5.82 Å². The number of nitrogens with one attached hydrogen (secondary N) is 1. The lowest BCUT2D eigenvalue weighted by Gasteiger charge is -2.13. The van der Waals surface area contributed by atoms with Gasteiger partial charge in [-0.1, -0.05) is 0 Å². The van der Waals surface area contributed by atoms with Gasteiger partial charge in [-0.15, -0.1) is 0 Å². The molecule has 1 aromatic rings. The molecular formula is C12H16F4N2. The zero-order valence-corrected chi connectivity index (χ0v) is 10.3. The lowest BCUT2D eigenvalue weighted by Crippen LogP contribution is -2.16. The molecule has 0 aromatic heterocycles. The van der Waals surface area contributed by atoms with Crippen molar-refractivity contribution < 1.29 is 17.6 Å². The van der Waals surface area contributed by atoms with Gasteiger partial charge < -0.3 is 10.2 Å².